The topological polar surface area (TPSA) is 125 Å². The van der Waals surface area contributed by atoms with Crippen LogP contribution in [0.15, 0.2) is 78.9 Å². The number of nitrogen functional groups attached to an aromatic ring is 1. The van der Waals surface area contributed by atoms with Gasteiger partial charge in [0.1, 0.15) is 0 Å². The molecule has 11 heteroatoms. The van der Waals surface area contributed by atoms with Gasteiger partial charge < -0.3 is 26.4 Å². The minimum atomic E-state index is -5.08. The lowest BCUT2D eigenvalue weighted by Crippen LogP contribution is -2.41. The van der Waals surface area contributed by atoms with Crippen LogP contribution in [-0.2, 0) is 16.0 Å². The van der Waals surface area contributed by atoms with Gasteiger partial charge in [-0.15, -0.1) is 0 Å². The number of aryl methyl sites for hydroxylation is 1. The number of nitrogens with two attached hydrogens (primary N) is 1. The molecule has 3 aromatic rings. The zero-order valence-electron chi connectivity index (χ0n) is 24.2. The van der Waals surface area contributed by atoms with E-state index in [2.05, 4.69) is 41.0 Å². The summed E-state index contributed by atoms with van der Waals surface area (Å²) in [6, 6.07) is 26.0. The molecule has 1 saturated heterocycles. The van der Waals surface area contributed by atoms with E-state index in [4.69, 9.17) is 15.6 Å². The van der Waals surface area contributed by atoms with Gasteiger partial charge in [-0.1, -0.05) is 54.6 Å². The number of carboxylic acids is 1. The van der Waals surface area contributed by atoms with E-state index in [9.17, 15) is 22.8 Å². The number of likely N-dealkylation sites (tertiary alicyclic amines) is 1. The molecular weight excluding hydrogens is 573 g/mol. The maximum Gasteiger partial charge on any atom is 0.490 e. The number of nitrogens with one attached hydrogen (secondary N) is 2. The fourth-order valence-electron chi connectivity index (χ4n) is 5.23. The largest absolute Gasteiger partial charge is 0.490 e. The molecule has 1 heterocycles. The number of benzene rings is 3. The van der Waals surface area contributed by atoms with Crippen LogP contribution in [-0.4, -0.2) is 59.6 Å². The first kappa shape index (κ1) is 32.5. The van der Waals surface area contributed by atoms with Crippen LogP contribution in [0, 0.1) is 5.92 Å². The Morgan fingerprint density at radius 3 is 2.14 bits per heavy atom. The van der Waals surface area contributed by atoms with E-state index in [1.165, 1.54) is 12.0 Å². The van der Waals surface area contributed by atoms with E-state index in [1.807, 2.05) is 29.2 Å². The molecule has 2 aliphatic rings. The summed E-state index contributed by atoms with van der Waals surface area (Å²) < 4.78 is 31.7. The van der Waals surface area contributed by atoms with E-state index >= 15 is 0 Å². The normalized spacial score (nSPS) is 18.1. The minimum Gasteiger partial charge on any atom is -0.475 e. The highest BCUT2D eigenvalue weighted by molar-refractivity contribution is 6.05. The molecule has 8 nitrogen and oxygen atoms in total. The summed E-state index contributed by atoms with van der Waals surface area (Å²) in [5, 5.41) is 13.7. The number of alkyl halides is 3. The second-order valence-electron chi connectivity index (χ2n) is 11.1. The van der Waals surface area contributed by atoms with Crippen molar-refractivity contribution >= 4 is 29.2 Å². The van der Waals surface area contributed by atoms with Gasteiger partial charge in [0, 0.05) is 37.0 Å². The minimum absolute atomic E-state index is 0.199. The fourth-order valence-corrected chi connectivity index (χ4v) is 5.23. The first-order valence-electron chi connectivity index (χ1n) is 14.6. The lowest BCUT2D eigenvalue weighted by Gasteiger charge is -2.32. The molecule has 0 spiro atoms. The Morgan fingerprint density at radius 2 is 1.52 bits per heavy atom. The van der Waals surface area contributed by atoms with Crippen LogP contribution in [0.25, 0.3) is 0 Å². The van der Waals surface area contributed by atoms with Gasteiger partial charge in [-0.3, -0.25) is 9.59 Å². The Hall–Kier alpha value is -4.38. The molecule has 1 saturated carbocycles. The number of carboxylic acid groups (broad SMARTS) is 1. The summed E-state index contributed by atoms with van der Waals surface area (Å²) in [6.45, 7) is 2.74. The number of hydrogen-bond acceptors (Lipinski definition) is 5. The van der Waals surface area contributed by atoms with Crippen molar-refractivity contribution in [2.75, 3.05) is 30.7 Å². The highest BCUT2D eigenvalue weighted by Crippen LogP contribution is 2.40. The maximum atomic E-state index is 12.8. The molecule has 3 aromatic carbocycles. The van der Waals surface area contributed by atoms with E-state index in [1.54, 1.807) is 24.3 Å². The van der Waals surface area contributed by atoms with Crippen molar-refractivity contribution in [2.24, 2.45) is 5.92 Å². The number of para-hydroxylation sites is 2. The Bertz CT molecular complexity index is 1410. The van der Waals surface area contributed by atoms with Crippen LogP contribution in [0.3, 0.4) is 0 Å². The number of nitrogens with zero attached hydrogens (tertiary/aromatic N) is 1. The van der Waals surface area contributed by atoms with Crippen molar-refractivity contribution in [2.45, 2.75) is 50.2 Å². The van der Waals surface area contributed by atoms with E-state index in [0.29, 0.717) is 47.7 Å². The number of rotatable bonds is 9. The van der Waals surface area contributed by atoms with Crippen molar-refractivity contribution in [3.63, 3.8) is 0 Å². The number of hydrogen-bond donors (Lipinski definition) is 4. The number of aliphatic carboxylic acids is 1. The third-order valence-corrected chi connectivity index (χ3v) is 7.95. The fraction of sp³-hybridized carbons (Fsp3) is 0.364. The molecule has 5 N–H and O–H groups in total. The summed E-state index contributed by atoms with van der Waals surface area (Å²) in [5.41, 5.74) is 10.1. The zero-order chi connectivity index (χ0) is 31.7. The summed E-state index contributed by atoms with van der Waals surface area (Å²) in [7, 11) is 0. The van der Waals surface area contributed by atoms with Crippen molar-refractivity contribution in [3.05, 3.63) is 95.6 Å². The molecule has 1 aliphatic heterocycles. The summed E-state index contributed by atoms with van der Waals surface area (Å²) in [4.78, 5) is 36.2. The van der Waals surface area contributed by atoms with Gasteiger partial charge >= 0.3 is 12.1 Å². The SMILES string of the molecule is Nc1ccccc1NC(=O)c1ccc(CCC(=O)N2CCC(CNC3CC3c3ccccc3)CC2)cc1.O=C(O)C(F)(F)F. The summed E-state index contributed by atoms with van der Waals surface area (Å²) in [6.07, 6.45) is -0.546. The van der Waals surface area contributed by atoms with Crippen LogP contribution in [0.5, 0.6) is 0 Å². The van der Waals surface area contributed by atoms with Gasteiger partial charge in [0.25, 0.3) is 5.91 Å². The van der Waals surface area contributed by atoms with Gasteiger partial charge in [0.15, 0.2) is 0 Å². The quantitative estimate of drug-likeness (QED) is 0.238. The van der Waals surface area contributed by atoms with Crippen molar-refractivity contribution < 1.29 is 32.7 Å². The molecular formula is C33H37F3N4O4. The lowest BCUT2D eigenvalue weighted by molar-refractivity contribution is -0.192. The lowest BCUT2D eigenvalue weighted by atomic mass is 9.96. The number of piperidine rings is 1. The monoisotopic (exact) mass is 610 g/mol. The summed E-state index contributed by atoms with van der Waals surface area (Å²) >= 11 is 0. The third-order valence-electron chi connectivity index (χ3n) is 7.95. The van der Waals surface area contributed by atoms with Crippen molar-refractivity contribution in [3.8, 4) is 0 Å². The second kappa shape index (κ2) is 14.9. The number of amides is 2. The Balaban J connectivity index is 0.000000566. The van der Waals surface area contributed by atoms with Gasteiger partial charge in [-0.2, -0.15) is 13.2 Å². The Kier molecular flexibility index (Phi) is 11.0. The molecule has 1 aliphatic carbocycles. The molecule has 234 valence electrons. The molecule has 2 atom stereocenters. The van der Waals surface area contributed by atoms with E-state index < -0.39 is 12.1 Å². The predicted octanol–water partition coefficient (Wildman–Crippen LogP) is 5.47. The van der Waals surface area contributed by atoms with Crippen LogP contribution in [0.2, 0.25) is 0 Å². The maximum absolute atomic E-state index is 12.8. The average Bonchev–Trinajstić information content (AvgIpc) is 3.80. The molecule has 2 amide bonds. The smallest absolute Gasteiger partial charge is 0.475 e. The van der Waals surface area contributed by atoms with E-state index in [0.717, 1.165) is 38.0 Å². The van der Waals surface area contributed by atoms with Gasteiger partial charge in [-0.25, -0.2) is 4.79 Å². The molecule has 2 fully saturated rings. The first-order chi connectivity index (χ1) is 21.0. The third kappa shape index (κ3) is 9.57. The van der Waals surface area contributed by atoms with Gasteiger partial charge in [-0.05, 0) is 73.5 Å². The van der Waals surface area contributed by atoms with Crippen molar-refractivity contribution in [1.82, 2.24) is 10.2 Å². The molecule has 44 heavy (non-hydrogen) atoms. The predicted molar refractivity (Wildman–Crippen MR) is 162 cm³/mol. The van der Waals surface area contributed by atoms with E-state index in [-0.39, 0.29) is 11.8 Å². The average molecular weight is 611 g/mol. The second-order valence-corrected chi connectivity index (χ2v) is 11.1. The Labute approximate surface area is 254 Å². The first-order valence-corrected chi connectivity index (χ1v) is 14.6. The number of carbonyl (C=O) groups is 3. The van der Waals surface area contributed by atoms with Crippen LogP contribution in [0.4, 0.5) is 24.5 Å². The van der Waals surface area contributed by atoms with Crippen LogP contribution in [0.1, 0.15) is 53.1 Å². The highest BCUT2D eigenvalue weighted by atomic mass is 19.4. The molecule has 5 rings (SSSR count). The molecule has 2 unspecified atom stereocenters. The Morgan fingerprint density at radius 1 is 0.909 bits per heavy atom. The van der Waals surface area contributed by atoms with Crippen molar-refractivity contribution in [1.29, 1.82) is 0 Å². The number of anilines is 2. The summed E-state index contributed by atoms with van der Waals surface area (Å²) in [5.74, 6) is -1.43. The standard InChI is InChI=1S/C31H36N4O2.C2HF3O2/c32-27-8-4-5-9-28(27)34-31(37)25-13-10-22(11-14-25)12-15-30(36)35-18-16-23(17-19-35)21-33-29-20-26(29)24-6-2-1-3-7-24;3-2(4,5)1(6)7/h1-11,13-14,23,26,29,33H,12,15-21,32H2,(H,34,37);(H,6,7). The molecule has 0 radical (unpaired) electrons. The van der Waals surface area contributed by atoms with Gasteiger partial charge in [0.05, 0.1) is 11.4 Å². The van der Waals surface area contributed by atoms with Crippen LogP contribution < -0.4 is 16.4 Å². The zero-order valence-corrected chi connectivity index (χ0v) is 24.2. The molecule has 0 aromatic heterocycles. The highest BCUT2D eigenvalue weighted by Gasteiger charge is 2.39. The molecule has 0 bridgehead atoms. The van der Waals surface area contributed by atoms with Crippen LogP contribution >= 0.6 is 0 Å². The number of carbonyl (C=O) groups excluding carboxylic acids is 2. The number of halogens is 3. The van der Waals surface area contributed by atoms with Gasteiger partial charge in [0.2, 0.25) is 5.91 Å².